The van der Waals surface area contributed by atoms with Crippen molar-refractivity contribution >= 4 is 0 Å². The van der Waals surface area contributed by atoms with Gasteiger partial charge in [-0.05, 0) is 32.9 Å². The molecule has 0 amide bonds. The Labute approximate surface area is 102 Å². The van der Waals surface area contributed by atoms with E-state index in [1.165, 1.54) is 16.7 Å². The standard InChI is InChI=1S/C14H19NO2/c1-8-5-10-7-13-12(6-9(2)16-13)11(3-4-15)14(10)17-8/h7-9H,3-6,15H2,1-2H3. The third kappa shape index (κ3) is 1.69. The Hall–Kier alpha value is -1.22. The Bertz CT molecular complexity index is 420. The SMILES string of the molecule is CC1Cc2c(cc3c(c2CCN)OC(C)C3)O1. The summed E-state index contributed by atoms with van der Waals surface area (Å²) in [6.07, 6.45) is 3.41. The van der Waals surface area contributed by atoms with Gasteiger partial charge in [0.05, 0.1) is 0 Å². The molecule has 3 rings (SSSR count). The Morgan fingerprint density at radius 2 is 2.00 bits per heavy atom. The second-order valence-corrected chi connectivity index (χ2v) is 5.12. The molecule has 1 aromatic carbocycles. The highest BCUT2D eigenvalue weighted by molar-refractivity contribution is 5.57. The fraction of sp³-hybridized carbons (Fsp3) is 0.571. The van der Waals surface area contributed by atoms with Crippen molar-refractivity contribution in [1.29, 1.82) is 0 Å². The molecule has 2 unspecified atom stereocenters. The lowest BCUT2D eigenvalue weighted by Crippen LogP contribution is -2.10. The number of fused-ring (bicyclic) bond motifs is 2. The van der Waals surface area contributed by atoms with Crippen molar-refractivity contribution in [3.8, 4) is 11.5 Å². The molecule has 2 aliphatic heterocycles. The van der Waals surface area contributed by atoms with Crippen LogP contribution in [0.3, 0.4) is 0 Å². The molecule has 0 saturated heterocycles. The largest absolute Gasteiger partial charge is 0.490 e. The molecule has 17 heavy (non-hydrogen) atoms. The Balaban J connectivity index is 2.11. The van der Waals surface area contributed by atoms with Crippen LogP contribution in [0.15, 0.2) is 6.07 Å². The van der Waals surface area contributed by atoms with Crippen molar-refractivity contribution in [3.05, 3.63) is 22.8 Å². The zero-order chi connectivity index (χ0) is 12.0. The lowest BCUT2D eigenvalue weighted by molar-refractivity contribution is 0.252. The highest BCUT2D eigenvalue weighted by Gasteiger charge is 2.30. The van der Waals surface area contributed by atoms with Gasteiger partial charge in [0.1, 0.15) is 23.7 Å². The van der Waals surface area contributed by atoms with Crippen LogP contribution < -0.4 is 15.2 Å². The molecule has 1 aromatic rings. The summed E-state index contributed by atoms with van der Waals surface area (Å²) in [6.45, 7) is 4.89. The van der Waals surface area contributed by atoms with E-state index in [1.807, 2.05) is 0 Å². The van der Waals surface area contributed by atoms with Gasteiger partial charge in [0.15, 0.2) is 0 Å². The maximum Gasteiger partial charge on any atom is 0.126 e. The van der Waals surface area contributed by atoms with Crippen LogP contribution in [0.5, 0.6) is 11.5 Å². The summed E-state index contributed by atoms with van der Waals surface area (Å²) in [7, 11) is 0. The fourth-order valence-corrected chi connectivity index (χ4v) is 2.93. The summed E-state index contributed by atoms with van der Waals surface area (Å²) >= 11 is 0. The Kier molecular flexibility index (Phi) is 2.51. The van der Waals surface area contributed by atoms with Crippen LogP contribution in [-0.4, -0.2) is 18.8 Å². The number of nitrogens with two attached hydrogens (primary N) is 1. The zero-order valence-electron chi connectivity index (χ0n) is 10.5. The van der Waals surface area contributed by atoms with Crippen LogP contribution in [0, 0.1) is 0 Å². The van der Waals surface area contributed by atoms with Gasteiger partial charge >= 0.3 is 0 Å². The summed E-state index contributed by atoms with van der Waals surface area (Å²) in [4.78, 5) is 0. The molecule has 0 fully saturated rings. The van der Waals surface area contributed by atoms with Crippen molar-refractivity contribution in [1.82, 2.24) is 0 Å². The average Bonchev–Trinajstić information content (AvgIpc) is 2.79. The molecule has 3 nitrogen and oxygen atoms in total. The van der Waals surface area contributed by atoms with Crippen LogP contribution in [0.25, 0.3) is 0 Å². The normalized spacial score (nSPS) is 25.1. The van der Waals surface area contributed by atoms with Crippen LogP contribution in [0.4, 0.5) is 0 Å². The predicted octanol–water partition coefficient (Wildman–Crippen LogP) is 1.83. The van der Waals surface area contributed by atoms with Crippen molar-refractivity contribution in [2.75, 3.05) is 6.54 Å². The second kappa shape index (κ2) is 3.91. The summed E-state index contributed by atoms with van der Waals surface area (Å²) in [5, 5.41) is 0. The molecule has 0 bridgehead atoms. The van der Waals surface area contributed by atoms with Gasteiger partial charge < -0.3 is 15.2 Å². The molecule has 3 heteroatoms. The van der Waals surface area contributed by atoms with Crippen molar-refractivity contribution < 1.29 is 9.47 Å². The average molecular weight is 233 g/mol. The molecule has 2 N–H and O–H groups in total. The van der Waals surface area contributed by atoms with Gasteiger partial charge in [0.2, 0.25) is 0 Å². The minimum absolute atomic E-state index is 0.279. The van der Waals surface area contributed by atoms with Crippen molar-refractivity contribution in [3.63, 3.8) is 0 Å². The van der Waals surface area contributed by atoms with E-state index in [4.69, 9.17) is 15.2 Å². The number of rotatable bonds is 2. The van der Waals surface area contributed by atoms with E-state index in [1.54, 1.807) is 0 Å². The molecule has 2 atom stereocenters. The van der Waals surface area contributed by atoms with E-state index >= 15 is 0 Å². The number of hydrogen-bond donors (Lipinski definition) is 1. The third-order valence-electron chi connectivity index (χ3n) is 3.57. The van der Waals surface area contributed by atoms with Crippen LogP contribution >= 0.6 is 0 Å². The first-order valence-electron chi connectivity index (χ1n) is 6.40. The Morgan fingerprint density at radius 3 is 2.76 bits per heavy atom. The summed E-state index contributed by atoms with van der Waals surface area (Å²) < 4.78 is 11.8. The monoisotopic (exact) mass is 233 g/mol. The maximum absolute atomic E-state index is 5.94. The van der Waals surface area contributed by atoms with Gasteiger partial charge in [0.25, 0.3) is 0 Å². The number of hydrogen-bond acceptors (Lipinski definition) is 3. The molecule has 2 aliphatic rings. The molecule has 2 heterocycles. The molecular formula is C14H19NO2. The number of benzene rings is 1. The van der Waals surface area contributed by atoms with Gasteiger partial charge in [-0.3, -0.25) is 0 Å². The van der Waals surface area contributed by atoms with Gasteiger partial charge in [-0.1, -0.05) is 0 Å². The maximum atomic E-state index is 5.94. The lowest BCUT2D eigenvalue weighted by Gasteiger charge is -2.12. The first-order valence-corrected chi connectivity index (χ1v) is 6.40. The smallest absolute Gasteiger partial charge is 0.126 e. The molecule has 0 aliphatic carbocycles. The van der Waals surface area contributed by atoms with Crippen molar-refractivity contribution in [2.45, 2.75) is 45.3 Å². The lowest BCUT2D eigenvalue weighted by atomic mass is 9.96. The third-order valence-corrected chi connectivity index (χ3v) is 3.57. The quantitative estimate of drug-likeness (QED) is 0.847. The highest BCUT2D eigenvalue weighted by Crippen LogP contribution is 2.43. The first kappa shape index (κ1) is 10.9. The molecule has 0 aromatic heterocycles. The van der Waals surface area contributed by atoms with E-state index in [0.717, 1.165) is 30.8 Å². The minimum Gasteiger partial charge on any atom is -0.490 e. The topological polar surface area (TPSA) is 44.5 Å². The van der Waals surface area contributed by atoms with E-state index in [-0.39, 0.29) is 12.2 Å². The first-order chi connectivity index (χ1) is 8.19. The van der Waals surface area contributed by atoms with Crippen molar-refractivity contribution in [2.24, 2.45) is 5.73 Å². The second-order valence-electron chi connectivity index (χ2n) is 5.12. The van der Waals surface area contributed by atoms with Gasteiger partial charge in [-0.15, -0.1) is 0 Å². The van der Waals surface area contributed by atoms with Crippen LogP contribution in [0.2, 0.25) is 0 Å². The predicted molar refractivity (Wildman–Crippen MR) is 66.8 cm³/mol. The van der Waals surface area contributed by atoms with Gasteiger partial charge in [-0.2, -0.15) is 0 Å². The van der Waals surface area contributed by atoms with E-state index in [9.17, 15) is 0 Å². The molecule has 92 valence electrons. The fourth-order valence-electron chi connectivity index (χ4n) is 2.93. The molecule has 0 saturated carbocycles. The van der Waals surface area contributed by atoms with Crippen LogP contribution in [0.1, 0.15) is 30.5 Å². The van der Waals surface area contributed by atoms with Crippen LogP contribution in [-0.2, 0) is 19.3 Å². The molecule has 0 radical (unpaired) electrons. The molecular weight excluding hydrogens is 214 g/mol. The minimum atomic E-state index is 0.279. The summed E-state index contributed by atoms with van der Waals surface area (Å²) in [5.41, 5.74) is 9.61. The van der Waals surface area contributed by atoms with E-state index in [0.29, 0.717) is 6.54 Å². The summed E-state index contributed by atoms with van der Waals surface area (Å²) in [6, 6.07) is 2.16. The van der Waals surface area contributed by atoms with E-state index in [2.05, 4.69) is 19.9 Å². The summed E-state index contributed by atoms with van der Waals surface area (Å²) in [5.74, 6) is 2.14. The highest BCUT2D eigenvalue weighted by atomic mass is 16.5. The van der Waals surface area contributed by atoms with Gasteiger partial charge in [0, 0.05) is 29.5 Å². The number of ether oxygens (including phenoxy) is 2. The van der Waals surface area contributed by atoms with E-state index < -0.39 is 0 Å². The molecule has 0 spiro atoms. The van der Waals surface area contributed by atoms with Gasteiger partial charge in [-0.25, -0.2) is 0 Å². The zero-order valence-corrected chi connectivity index (χ0v) is 10.5. The Morgan fingerprint density at radius 1 is 1.24 bits per heavy atom.